The normalized spacial score (nSPS) is 36.1. The molecule has 0 bridgehead atoms. The molecule has 12 atom stereocenters. The quantitative estimate of drug-likeness (QED) is 0.0947. The zero-order chi connectivity index (χ0) is 37.2. The van der Waals surface area contributed by atoms with Gasteiger partial charge in [0.2, 0.25) is 0 Å². The molecule has 288 valence electrons. The number of hydrogen-bond donors (Lipinski definition) is 0. The van der Waals surface area contributed by atoms with Gasteiger partial charge in [-0.05, 0) is 18.1 Å². The van der Waals surface area contributed by atoms with E-state index in [4.69, 9.17) is 37.9 Å². The lowest BCUT2D eigenvalue weighted by molar-refractivity contribution is -0.299. The lowest BCUT2D eigenvalue weighted by Crippen LogP contribution is -2.64. The minimum absolute atomic E-state index is 0.0199. The van der Waals surface area contributed by atoms with E-state index in [0.29, 0.717) is 26.1 Å². The Bertz CT molecular complexity index is 1560. The van der Waals surface area contributed by atoms with Gasteiger partial charge in [0.05, 0.1) is 70.6 Å². The van der Waals surface area contributed by atoms with Crippen LogP contribution in [0.25, 0.3) is 0 Å². The number of Topliss-reactive ketones (excluding diaryl/α,β-unsaturated/α-hetero) is 1. The molecule has 0 saturated carbocycles. The van der Waals surface area contributed by atoms with E-state index in [-0.39, 0.29) is 54.2 Å². The van der Waals surface area contributed by atoms with Crippen LogP contribution in [0.4, 0.5) is 0 Å². The highest BCUT2D eigenvalue weighted by Gasteiger charge is 2.72. The smallest absolute Gasteiger partial charge is 0.308 e. The van der Waals surface area contributed by atoms with Crippen LogP contribution in [0.2, 0.25) is 18.1 Å². The molecule has 0 amide bonds. The van der Waals surface area contributed by atoms with Gasteiger partial charge in [-0.3, -0.25) is 9.59 Å². The second-order valence-electron chi connectivity index (χ2n) is 15.4. The second kappa shape index (κ2) is 16.5. The molecule has 0 unspecified atom stereocenters. The number of carbonyl (C=O) groups excluding carboxylic acids is 2. The number of ether oxygens (including phenoxy) is 8. The molecule has 4 fully saturated rings. The van der Waals surface area contributed by atoms with E-state index in [1.54, 1.807) is 6.92 Å². The summed E-state index contributed by atoms with van der Waals surface area (Å²) in [5.41, 5.74) is 2.05. The Morgan fingerprint density at radius 2 is 1.34 bits per heavy atom. The first-order chi connectivity index (χ1) is 25.7. The fraction of sp³-hybridized carbons (Fsp3) is 0.619. The molecule has 5 heterocycles. The van der Waals surface area contributed by atoms with Crippen molar-refractivity contribution in [1.82, 2.24) is 0 Å². The summed E-state index contributed by atoms with van der Waals surface area (Å²) in [5.74, 6) is -0.288. The van der Waals surface area contributed by atoms with Crippen LogP contribution in [0.1, 0.15) is 64.5 Å². The van der Waals surface area contributed by atoms with Crippen molar-refractivity contribution in [3.63, 3.8) is 0 Å². The Morgan fingerprint density at radius 3 is 1.92 bits per heavy atom. The molecule has 2 aromatic rings. The summed E-state index contributed by atoms with van der Waals surface area (Å²) in [4.78, 5) is 25.3. The predicted molar refractivity (Wildman–Crippen MR) is 200 cm³/mol. The maximum absolute atomic E-state index is 12.7. The average Bonchev–Trinajstić information content (AvgIpc) is 3.94. The zero-order valence-electron chi connectivity index (χ0n) is 31.7. The number of esters is 1. The van der Waals surface area contributed by atoms with Crippen molar-refractivity contribution in [2.75, 3.05) is 7.11 Å². The van der Waals surface area contributed by atoms with Crippen LogP contribution < -0.4 is 0 Å². The summed E-state index contributed by atoms with van der Waals surface area (Å²) in [7, 11) is -0.539. The van der Waals surface area contributed by atoms with E-state index in [1.165, 1.54) is 7.11 Å². The van der Waals surface area contributed by atoms with E-state index >= 15 is 0 Å². The van der Waals surface area contributed by atoms with Gasteiger partial charge in [0.25, 0.3) is 0 Å². The fourth-order valence-electron chi connectivity index (χ4n) is 9.59. The first kappa shape index (κ1) is 38.5. The monoisotopic (exact) mass is 748 g/mol. The predicted octanol–water partition coefficient (Wildman–Crippen LogP) is 6.29. The number of methoxy groups -OCH3 is 1. The number of ketones is 1. The van der Waals surface area contributed by atoms with E-state index in [1.807, 2.05) is 60.7 Å². The molecule has 5 aliphatic rings. The summed E-state index contributed by atoms with van der Waals surface area (Å²) in [6.45, 7) is 9.15. The summed E-state index contributed by atoms with van der Waals surface area (Å²) >= 11 is 0. The molecule has 0 aromatic heterocycles. The van der Waals surface area contributed by atoms with Gasteiger partial charge in [-0.25, -0.2) is 0 Å². The second-order valence-corrected chi connectivity index (χ2v) is 21.0. The van der Waals surface area contributed by atoms with E-state index < -0.39 is 50.8 Å². The lowest BCUT2D eigenvalue weighted by atomic mass is 9.86. The third kappa shape index (κ3) is 7.87. The molecule has 7 rings (SSSR count). The van der Waals surface area contributed by atoms with E-state index in [2.05, 4.69) is 32.9 Å². The Balaban J connectivity index is 1.17. The van der Waals surface area contributed by atoms with Crippen molar-refractivity contribution in [2.24, 2.45) is 0 Å². The average molecular weight is 749 g/mol. The minimum Gasteiger partial charge on any atom is -0.469 e. The molecule has 5 aliphatic heterocycles. The van der Waals surface area contributed by atoms with Gasteiger partial charge in [0.15, 0.2) is 0 Å². The van der Waals surface area contributed by atoms with Crippen molar-refractivity contribution in [3.05, 3.63) is 83.9 Å². The van der Waals surface area contributed by atoms with E-state index in [0.717, 1.165) is 29.3 Å². The maximum atomic E-state index is 12.7. The van der Waals surface area contributed by atoms with Gasteiger partial charge in [0, 0.05) is 19.3 Å². The largest absolute Gasteiger partial charge is 0.469 e. The van der Waals surface area contributed by atoms with Crippen LogP contribution in [0.3, 0.4) is 0 Å². The topological polar surface area (TPSA) is 111 Å². The molecule has 11 heteroatoms. The van der Waals surface area contributed by atoms with Gasteiger partial charge < -0.3 is 37.9 Å². The number of carbonyl (C=O) groups is 2. The zero-order valence-corrected chi connectivity index (χ0v) is 32.7. The number of fused-ring (bicyclic) bond motifs is 4. The molecule has 0 N–H and O–H groups in total. The SMILES string of the molecule is CC[Si](CC)(CC)[C@@]12C[C@H]3O[C@H]4C[C@H]5O[C@@H](CC(C)=O)[C@H](OCc6ccccc6)[C@@H](OCc6ccccc6)[C@@H]5O[C@@H]4C=C[C@@H]3O[C@H](CC(=O)OC)[C@@H]1O2. The van der Waals surface area contributed by atoms with Crippen molar-refractivity contribution in [3.8, 4) is 0 Å². The Morgan fingerprint density at radius 1 is 0.736 bits per heavy atom. The van der Waals surface area contributed by atoms with Gasteiger partial charge in [-0.15, -0.1) is 0 Å². The van der Waals surface area contributed by atoms with Crippen molar-refractivity contribution in [2.45, 2.75) is 157 Å². The Labute approximate surface area is 314 Å². The van der Waals surface area contributed by atoms with Gasteiger partial charge in [0.1, 0.15) is 42.4 Å². The van der Waals surface area contributed by atoms with Crippen LogP contribution in [-0.2, 0) is 60.7 Å². The fourth-order valence-corrected chi connectivity index (χ4v) is 14.7. The van der Waals surface area contributed by atoms with Gasteiger partial charge in [-0.2, -0.15) is 0 Å². The third-order valence-electron chi connectivity index (χ3n) is 12.6. The lowest BCUT2D eigenvalue weighted by Gasteiger charge is -2.51. The summed E-state index contributed by atoms with van der Waals surface area (Å²) in [6, 6.07) is 23.3. The molecule has 10 nitrogen and oxygen atoms in total. The summed E-state index contributed by atoms with van der Waals surface area (Å²) in [5, 5.41) is -0.345. The van der Waals surface area contributed by atoms with Gasteiger partial charge >= 0.3 is 5.97 Å². The number of benzene rings is 2. The number of epoxide rings is 1. The molecular weight excluding hydrogens is 693 g/mol. The highest BCUT2D eigenvalue weighted by molar-refractivity contribution is 6.83. The number of hydrogen-bond acceptors (Lipinski definition) is 10. The third-order valence-corrected chi connectivity index (χ3v) is 19.0. The summed E-state index contributed by atoms with van der Waals surface area (Å²) < 4.78 is 52.9. The van der Waals surface area contributed by atoms with Crippen LogP contribution in [0.15, 0.2) is 72.8 Å². The first-order valence-electron chi connectivity index (χ1n) is 19.6. The first-order valence-corrected chi connectivity index (χ1v) is 22.2. The molecular formula is C42H56O10Si. The van der Waals surface area contributed by atoms with E-state index in [9.17, 15) is 9.59 Å². The van der Waals surface area contributed by atoms with Crippen LogP contribution in [-0.4, -0.2) is 99.3 Å². The highest BCUT2D eigenvalue weighted by atomic mass is 28.3. The highest BCUT2D eigenvalue weighted by Crippen LogP contribution is 2.57. The van der Waals surface area contributed by atoms with Crippen LogP contribution in [0.5, 0.6) is 0 Å². The molecule has 0 radical (unpaired) electrons. The Hall–Kier alpha value is -2.74. The van der Waals surface area contributed by atoms with Gasteiger partial charge in [-0.1, -0.05) is 112 Å². The Kier molecular flexibility index (Phi) is 12.0. The summed E-state index contributed by atoms with van der Waals surface area (Å²) in [6.07, 6.45) is 1.25. The van der Waals surface area contributed by atoms with Crippen molar-refractivity contribution in [1.29, 1.82) is 0 Å². The minimum atomic E-state index is -1.95. The molecule has 53 heavy (non-hydrogen) atoms. The van der Waals surface area contributed by atoms with Crippen molar-refractivity contribution >= 4 is 19.8 Å². The number of rotatable bonds is 14. The van der Waals surface area contributed by atoms with Crippen molar-refractivity contribution < 1.29 is 47.5 Å². The molecule has 0 aliphatic carbocycles. The van der Waals surface area contributed by atoms with Crippen LogP contribution >= 0.6 is 0 Å². The standard InChI is InChI=1S/C42H56O10Si/c1-6-53(7-2,8-3)42-24-36-31(48-35(41(42)52-42)23-37(44)45-5)20-19-30-32(49-36)22-34-39(51-30)40(47-26-29-17-13-10-14-18-29)38(33(50-34)21-27(4)43)46-25-28-15-11-9-12-16-28/h9-20,30-36,38-41H,6-8,21-26H2,1-5H3/t30-,31+,32+,33+,34-,35-,36-,38+,39-,40-,41+,42+/m1/s1. The maximum Gasteiger partial charge on any atom is 0.308 e. The molecule has 0 spiro atoms. The molecule has 4 saturated heterocycles. The molecule has 2 aromatic carbocycles. The van der Waals surface area contributed by atoms with Crippen LogP contribution in [0, 0.1) is 0 Å².